The molecule has 0 aromatic heterocycles. The van der Waals surface area contributed by atoms with Gasteiger partial charge in [0.05, 0.1) is 6.54 Å². The van der Waals surface area contributed by atoms with Crippen molar-refractivity contribution in [2.75, 3.05) is 6.54 Å². The highest BCUT2D eigenvalue weighted by Gasteiger charge is 2.50. The molecule has 15 heavy (non-hydrogen) atoms. The van der Waals surface area contributed by atoms with Gasteiger partial charge in [0.25, 0.3) is 0 Å². The van der Waals surface area contributed by atoms with Gasteiger partial charge in [-0.05, 0) is 56.3 Å². The lowest BCUT2D eigenvalue weighted by atomic mass is 9.53. The maximum absolute atomic E-state index is 10.9. The van der Waals surface area contributed by atoms with Crippen LogP contribution in [0.2, 0.25) is 0 Å². The van der Waals surface area contributed by atoms with E-state index in [2.05, 4.69) is 5.32 Å². The van der Waals surface area contributed by atoms with Crippen LogP contribution >= 0.6 is 0 Å². The fourth-order valence-electron chi connectivity index (χ4n) is 4.60. The first-order valence-electron chi connectivity index (χ1n) is 6.18. The minimum atomic E-state index is -0.217. The molecule has 0 spiro atoms. The van der Waals surface area contributed by atoms with E-state index in [1.165, 1.54) is 38.5 Å². The van der Waals surface area contributed by atoms with Crippen LogP contribution in [0.3, 0.4) is 0 Å². The van der Waals surface area contributed by atoms with Crippen LogP contribution in [-0.4, -0.2) is 17.9 Å². The summed E-state index contributed by atoms with van der Waals surface area (Å²) in [6, 6.07) is 0. The molecule has 2 nitrogen and oxygen atoms in total. The van der Waals surface area contributed by atoms with E-state index in [0.29, 0.717) is 6.54 Å². The third-order valence-corrected chi connectivity index (χ3v) is 4.68. The van der Waals surface area contributed by atoms with Crippen LogP contribution in [0.4, 0.5) is 0 Å². The van der Waals surface area contributed by atoms with Crippen molar-refractivity contribution in [1.29, 1.82) is 0 Å². The lowest BCUT2D eigenvalue weighted by molar-refractivity contribution is -0.115. The van der Waals surface area contributed by atoms with Gasteiger partial charge in [-0.1, -0.05) is 0 Å². The summed E-state index contributed by atoms with van der Waals surface area (Å²) in [6.07, 6.45) is 8.18. The highest BCUT2D eigenvalue weighted by molar-refractivity contribution is 5.84. The molecular weight excluding hydrogens is 186 g/mol. The molecule has 0 aromatic rings. The molecule has 2 radical (unpaired) electrons. The van der Waals surface area contributed by atoms with Gasteiger partial charge in [-0.15, -0.1) is 0 Å². The van der Waals surface area contributed by atoms with Gasteiger partial charge in [0, 0.05) is 12.5 Å². The summed E-state index contributed by atoms with van der Waals surface area (Å²) in [7, 11) is 0. The van der Waals surface area contributed by atoms with Gasteiger partial charge < -0.3 is 5.32 Å². The molecule has 4 aliphatic carbocycles. The molecule has 0 atom stereocenters. The number of rotatable bonds is 3. The van der Waals surface area contributed by atoms with Crippen LogP contribution in [0.1, 0.15) is 38.5 Å². The number of carbonyl (C=O) groups is 1. The van der Waals surface area contributed by atoms with Crippen LogP contribution in [0.5, 0.6) is 0 Å². The Morgan fingerprint density at radius 1 is 1.13 bits per heavy atom. The number of nitrogens with one attached hydrogen (secondary N) is 1. The number of hydrogen-bond acceptors (Lipinski definition) is 2. The molecule has 0 aromatic carbocycles. The topological polar surface area (TPSA) is 29.1 Å². The lowest BCUT2D eigenvalue weighted by Crippen LogP contribution is -2.59. The fraction of sp³-hybridized carbons (Fsp3) is 0.846. The molecule has 1 N–H and O–H groups in total. The third-order valence-electron chi connectivity index (χ3n) is 4.68. The van der Waals surface area contributed by atoms with Gasteiger partial charge in [-0.3, -0.25) is 4.79 Å². The van der Waals surface area contributed by atoms with Crippen LogP contribution in [0.25, 0.3) is 0 Å². The maximum atomic E-state index is 10.9. The molecule has 4 bridgehead atoms. The second kappa shape index (κ2) is 3.31. The Morgan fingerprint density at radius 2 is 1.60 bits per heavy atom. The van der Waals surface area contributed by atoms with Crippen molar-refractivity contribution in [3.8, 4) is 0 Å². The van der Waals surface area contributed by atoms with E-state index in [1.807, 2.05) is 0 Å². The average molecular weight is 205 g/mol. The Morgan fingerprint density at radius 3 is 2.00 bits per heavy atom. The van der Waals surface area contributed by atoms with E-state index in [0.717, 1.165) is 17.8 Å². The van der Waals surface area contributed by atoms with Crippen molar-refractivity contribution in [1.82, 2.24) is 5.32 Å². The van der Waals surface area contributed by atoms with Crippen molar-refractivity contribution >= 4 is 5.78 Å². The molecule has 4 aliphatic rings. The molecule has 4 saturated carbocycles. The van der Waals surface area contributed by atoms with Crippen LogP contribution in [-0.2, 0) is 4.79 Å². The van der Waals surface area contributed by atoms with Crippen LogP contribution in [0.15, 0.2) is 0 Å². The molecule has 0 unspecified atom stereocenters. The molecule has 0 saturated heterocycles. The second-order valence-electron chi connectivity index (χ2n) is 6.02. The van der Waals surface area contributed by atoms with Gasteiger partial charge in [0.15, 0.2) is 5.78 Å². The van der Waals surface area contributed by atoms with Gasteiger partial charge in [-0.25, -0.2) is 0 Å². The Bertz CT molecular complexity index is 249. The van der Waals surface area contributed by atoms with Gasteiger partial charge in [0.1, 0.15) is 0 Å². The number of carbonyl (C=O) groups excluding carboxylic acids is 1. The molecule has 4 fully saturated rings. The standard InChI is InChI=1S/C13H19NO/c1-9(15)8-14-13-5-10-2-11(6-13)4-12(3-10)7-13/h1,10-12,14H,2-8H2. The van der Waals surface area contributed by atoms with Crippen molar-refractivity contribution < 1.29 is 4.79 Å². The van der Waals surface area contributed by atoms with E-state index >= 15 is 0 Å². The summed E-state index contributed by atoms with van der Waals surface area (Å²) in [5, 5.41) is 3.45. The van der Waals surface area contributed by atoms with Gasteiger partial charge >= 0.3 is 0 Å². The molecule has 82 valence electrons. The lowest BCUT2D eigenvalue weighted by Gasteiger charge is -2.57. The van der Waals surface area contributed by atoms with Crippen molar-refractivity contribution in [3.63, 3.8) is 0 Å². The monoisotopic (exact) mass is 205 g/mol. The number of Topliss-reactive ketones (excluding diaryl/α,β-unsaturated/α-hetero) is 1. The number of hydrogen-bond donors (Lipinski definition) is 1. The summed E-state index contributed by atoms with van der Waals surface area (Å²) in [4.78, 5) is 10.9. The third kappa shape index (κ3) is 1.73. The number of ketones is 1. The zero-order valence-electron chi connectivity index (χ0n) is 9.17. The smallest absolute Gasteiger partial charge is 0.151 e. The Balaban J connectivity index is 1.72. The average Bonchev–Trinajstić information content (AvgIpc) is 2.12. The second-order valence-corrected chi connectivity index (χ2v) is 6.02. The Kier molecular flexibility index (Phi) is 2.17. The normalized spacial score (nSPS) is 47.1. The van der Waals surface area contributed by atoms with E-state index < -0.39 is 0 Å². The quantitative estimate of drug-likeness (QED) is 0.761. The van der Waals surface area contributed by atoms with Gasteiger partial charge in [0.2, 0.25) is 0 Å². The van der Waals surface area contributed by atoms with Crippen molar-refractivity contribution in [3.05, 3.63) is 6.92 Å². The van der Waals surface area contributed by atoms with Crippen molar-refractivity contribution in [2.45, 2.75) is 44.1 Å². The molecular formula is C13H19NO. The van der Waals surface area contributed by atoms with Crippen LogP contribution < -0.4 is 5.32 Å². The zero-order valence-corrected chi connectivity index (χ0v) is 9.17. The minimum absolute atomic E-state index is 0.217. The summed E-state index contributed by atoms with van der Waals surface area (Å²) in [6.45, 7) is 5.59. The first-order valence-corrected chi connectivity index (χ1v) is 6.18. The molecule has 0 aliphatic heterocycles. The summed E-state index contributed by atoms with van der Waals surface area (Å²) in [5.74, 6) is 2.57. The molecule has 4 rings (SSSR count). The van der Waals surface area contributed by atoms with Crippen LogP contribution in [0, 0.1) is 24.7 Å². The molecule has 2 heteroatoms. The molecule has 0 heterocycles. The SMILES string of the molecule is [CH]C(=O)CNC12CC3CC(CC(C3)C1)C2. The van der Waals surface area contributed by atoms with Crippen molar-refractivity contribution in [2.24, 2.45) is 17.8 Å². The summed E-state index contributed by atoms with van der Waals surface area (Å²) < 4.78 is 0. The summed E-state index contributed by atoms with van der Waals surface area (Å²) in [5.41, 5.74) is 0.282. The Hall–Kier alpha value is -0.370. The largest absolute Gasteiger partial charge is 0.304 e. The van der Waals surface area contributed by atoms with E-state index in [4.69, 9.17) is 6.92 Å². The van der Waals surface area contributed by atoms with Gasteiger partial charge in [-0.2, -0.15) is 0 Å². The first-order chi connectivity index (χ1) is 7.15. The first kappa shape index (κ1) is 9.83. The summed E-state index contributed by atoms with van der Waals surface area (Å²) >= 11 is 0. The van der Waals surface area contributed by atoms with E-state index in [-0.39, 0.29) is 11.3 Å². The highest BCUT2D eigenvalue weighted by Crippen LogP contribution is 2.55. The predicted molar refractivity (Wildman–Crippen MR) is 58.2 cm³/mol. The van der Waals surface area contributed by atoms with E-state index in [1.54, 1.807) is 0 Å². The molecule has 0 amide bonds. The highest BCUT2D eigenvalue weighted by atomic mass is 16.1. The maximum Gasteiger partial charge on any atom is 0.151 e. The minimum Gasteiger partial charge on any atom is -0.304 e. The zero-order chi connectivity index (χ0) is 10.5. The van der Waals surface area contributed by atoms with E-state index in [9.17, 15) is 4.79 Å². The Labute approximate surface area is 91.8 Å². The fourth-order valence-corrected chi connectivity index (χ4v) is 4.60. The predicted octanol–water partition coefficient (Wildman–Crippen LogP) is 1.82.